The number of ether oxygens (including phenoxy) is 2. The number of aliphatic hydroxyl groups is 2. The Balaban J connectivity index is 4.08. The highest BCUT2D eigenvalue weighted by molar-refractivity contribution is 7.47. The topological polar surface area (TPSA) is 132 Å². The number of phosphoric ester groups is 1. The van der Waals surface area contributed by atoms with E-state index in [9.17, 15) is 19.4 Å². The maximum Gasteiger partial charge on any atom is 0.472 e. The van der Waals surface area contributed by atoms with Crippen molar-refractivity contribution in [2.45, 2.75) is 251 Å². The number of phosphoric acid groups is 1. The van der Waals surface area contributed by atoms with E-state index in [1.165, 1.54) is 180 Å². The van der Waals surface area contributed by atoms with Gasteiger partial charge in [-0.15, -0.1) is 0 Å². The third-order valence-electron chi connectivity index (χ3n) is 10.7. The van der Waals surface area contributed by atoms with Crippen molar-refractivity contribution in [3.63, 3.8) is 0 Å². The van der Waals surface area contributed by atoms with E-state index in [0.29, 0.717) is 6.61 Å². The SMILES string of the molecule is CCCCCCCCC/C=C\CCCCCCCCCCOCC(COP(=O)(O)OCC(O)CO)OC(=O)CCCCCCCCCCCCCCCCCCC. The summed E-state index contributed by atoms with van der Waals surface area (Å²) in [6.07, 6.45) is 46.0. The fourth-order valence-electron chi connectivity index (χ4n) is 7.00. The van der Waals surface area contributed by atoms with Gasteiger partial charge in [0.2, 0.25) is 0 Å². The standard InChI is InChI=1S/C47H93O9P/c1-3-5-7-9-11-13-15-17-19-21-22-24-26-28-30-32-34-36-38-40-53-43-46(44-55-57(51,52)54-42-45(49)41-48)56-47(50)39-37-35-33-31-29-27-25-23-20-18-16-14-12-10-8-6-4-2/h19,21,45-46,48-49H,3-18,20,22-44H2,1-2H3,(H,51,52)/b21-19-. The van der Waals surface area contributed by atoms with Crippen LogP contribution in [-0.2, 0) is 27.9 Å². The zero-order valence-electron chi connectivity index (χ0n) is 37.3. The number of aliphatic hydroxyl groups excluding tert-OH is 2. The predicted octanol–water partition coefficient (Wildman–Crippen LogP) is 13.7. The first-order chi connectivity index (χ1) is 27.8. The fraction of sp³-hybridized carbons (Fsp3) is 0.936. The summed E-state index contributed by atoms with van der Waals surface area (Å²) in [5, 5.41) is 18.4. The molecule has 0 heterocycles. The molecule has 0 fully saturated rings. The molecule has 0 saturated carbocycles. The minimum Gasteiger partial charge on any atom is -0.457 e. The van der Waals surface area contributed by atoms with Gasteiger partial charge in [-0.05, 0) is 38.5 Å². The molecular formula is C47H93O9P. The zero-order valence-corrected chi connectivity index (χ0v) is 38.2. The number of esters is 1. The van der Waals surface area contributed by atoms with Crippen LogP contribution in [0, 0.1) is 0 Å². The lowest BCUT2D eigenvalue weighted by Gasteiger charge is -2.20. The summed E-state index contributed by atoms with van der Waals surface area (Å²) in [5.74, 6) is -0.378. The van der Waals surface area contributed by atoms with Gasteiger partial charge >= 0.3 is 13.8 Å². The minimum atomic E-state index is -4.52. The van der Waals surface area contributed by atoms with Gasteiger partial charge in [-0.25, -0.2) is 4.57 Å². The molecule has 0 radical (unpaired) electrons. The molecule has 3 atom stereocenters. The fourth-order valence-corrected chi connectivity index (χ4v) is 7.79. The number of hydrogen-bond donors (Lipinski definition) is 3. The van der Waals surface area contributed by atoms with Gasteiger partial charge in [0.25, 0.3) is 0 Å². The molecule has 0 aromatic carbocycles. The summed E-state index contributed by atoms with van der Waals surface area (Å²) in [7, 11) is -4.52. The average molecular weight is 833 g/mol. The van der Waals surface area contributed by atoms with Crippen molar-refractivity contribution >= 4 is 13.8 Å². The monoisotopic (exact) mass is 833 g/mol. The van der Waals surface area contributed by atoms with E-state index >= 15 is 0 Å². The van der Waals surface area contributed by atoms with Crippen LogP contribution in [0.2, 0.25) is 0 Å². The molecule has 0 amide bonds. The van der Waals surface area contributed by atoms with Gasteiger partial charge in [-0.1, -0.05) is 206 Å². The Labute approximate surface area is 351 Å². The van der Waals surface area contributed by atoms with E-state index in [1.54, 1.807) is 0 Å². The molecule has 9 nitrogen and oxygen atoms in total. The lowest BCUT2D eigenvalue weighted by atomic mass is 10.0. The molecule has 0 aliphatic rings. The van der Waals surface area contributed by atoms with Gasteiger partial charge in [0.05, 0.1) is 26.4 Å². The van der Waals surface area contributed by atoms with Crippen molar-refractivity contribution < 1.29 is 43.0 Å². The quantitative estimate of drug-likeness (QED) is 0.0237. The second kappa shape index (κ2) is 44.7. The van der Waals surface area contributed by atoms with Crippen molar-refractivity contribution in [2.24, 2.45) is 0 Å². The average Bonchev–Trinajstić information content (AvgIpc) is 3.20. The third-order valence-corrected chi connectivity index (χ3v) is 11.7. The van der Waals surface area contributed by atoms with Gasteiger partial charge < -0.3 is 24.6 Å². The first-order valence-corrected chi connectivity index (χ1v) is 25.7. The van der Waals surface area contributed by atoms with Crippen molar-refractivity contribution in [1.29, 1.82) is 0 Å². The molecule has 10 heteroatoms. The van der Waals surface area contributed by atoms with E-state index in [4.69, 9.17) is 23.6 Å². The van der Waals surface area contributed by atoms with Crippen LogP contribution in [0.1, 0.15) is 239 Å². The summed E-state index contributed by atoms with van der Waals surface area (Å²) < 4.78 is 33.5. The molecule has 3 unspecified atom stereocenters. The van der Waals surface area contributed by atoms with Crippen LogP contribution in [-0.4, -0.2) is 66.3 Å². The minimum absolute atomic E-state index is 0.0531. The van der Waals surface area contributed by atoms with Crippen LogP contribution < -0.4 is 0 Å². The van der Waals surface area contributed by atoms with Crippen LogP contribution in [0.15, 0.2) is 12.2 Å². The van der Waals surface area contributed by atoms with Gasteiger partial charge in [-0.3, -0.25) is 13.8 Å². The van der Waals surface area contributed by atoms with Crippen LogP contribution >= 0.6 is 7.82 Å². The third kappa shape index (κ3) is 44.6. The summed E-state index contributed by atoms with van der Waals surface area (Å²) in [6.45, 7) is 3.57. The Morgan fingerprint density at radius 2 is 0.895 bits per heavy atom. The Morgan fingerprint density at radius 3 is 1.32 bits per heavy atom. The van der Waals surface area contributed by atoms with E-state index in [0.717, 1.165) is 38.5 Å². The molecule has 0 aromatic rings. The Hall–Kier alpha value is -0.800. The zero-order chi connectivity index (χ0) is 41.8. The largest absolute Gasteiger partial charge is 0.472 e. The first kappa shape index (κ1) is 56.2. The highest BCUT2D eigenvalue weighted by Crippen LogP contribution is 2.43. The van der Waals surface area contributed by atoms with E-state index in [2.05, 4.69) is 26.0 Å². The maximum absolute atomic E-state index is 12.6. The molecule has 0 aliphatic heterocycles. The summed E-state index contributed by atoms with van der Waals surface area (Å²) in [5.41, 5.74) is 0. The molecular weight excluding hydrogens is 739 g/mol. The molecule has 0 rings (SSSR count). The molecule has 340 valence electrons. The second-order valence-corrected chi connectivity index (χ2v) is 17.9. The number of carbonyl (C=O) groups is 1. The van der Waals surface area contributed by atoms with Crippen LogP contribution in [0.3, 0.4) is 0 Å². The predicted molar refractivity (Wildman–Crippen MR) is 238 cm³/mol. The van der Waals surface area contributed by atoms with Gasteiger partial charge in [-0.2, -0.15) is 0 Å². The van der Waals surface area contributed by atoms with Crippen LogP contribution in [0.4, 0.5) is 0 Å². The molecule has 0 bridgehead atoms. The maximum atomic E-state index is 12.6. The molecule has 0 spiro atoms. The van der Waals surface area contributed by atoms with Gasteiger partial charge in [0, 0.05) is 13.0 Å². The van der Waals surface area contributed by atoms with Gasteiger partial charge in [0.1, 0.15) is 12.2 Å². The van der Waals surface area contributed by atoms with Crippen molar-refractivity contribution in [2.75, 3.05) is 33.0 Å². The Bertz CT molecular complexity index is 902. The normalized spacial score (nSPS) is 14.0. The lowest BCUT2D eigenvalue weighted by molar-refractivity contribution is -0.154. The van der Waals surface area contributed by atoms with E-state index in [1.807, 2.05) is 0 Å². The summed E-state index contributed by atoms with van der Waals surface area (Å²) in [4.78, 5) is 22.6. The van der Waals surface area contributed by atoms with E-state index < -0.39 is 33.2 Å². The molecule has 0 saturated heterocycles. The van der Waals surface area contributed by atoms with Crippen molar-refractivity contribution in [3.05, 3.63) is 12.2 Å². The number of unbranched alkanes of at least 4 members (excludes halogenated alkanes) is 31. The Kier molecular flexibility index (Phi) is 44.1. The van der Waals surface area contributed by atoms with Crippen molar-refractivity contribution in [1.82, 2.24) is 0 Å². The second-order valence-electron chi connectivity index (χ2n) is 16.5. The summed E-state index contributed by atoms with van der Waals surface area (Å²) in [6, 6.07) is 0. The smallest absolute Gasteiger partial charge is 0.457 e. The summed E-state index contributed by atoms with van der Waals surface area (Å²) >= 11 is 0. The van der Waals surface area contributed by atoms with Crippen LogP contribution in [0.5, 0.6) is 0 Å². The van der Waals surface area contributed by atoms with E-state index in [-0.39, 0.29) is 25.6 Å². The van der Waals surface area contributed by atoms with Gasteiger partial charge in [0.15, 0.2) is 0 Å². The molecule has 0 aromatic heterocycles. The van der Waals surface area contributed by atoms with Crippen molar-refractivity contribution in [3.8, 4) is 0 Å². The number of rotatable bonds is 47. The van der Waals surface area contributed by atoms with Crippen LogP contribution in [0.25, 0.3) is 0 Å². The molecule has 3 N–H and O–H groups in total. The Morgan fingerprint density at radius 1 is 0.526 bits per heavy atom. The highest BCUT2D eigenvalue weighted by atomic mass is 31.2. The molecule has 0 aliphatic carbocycles. The number of hydrogen-bond acceptors (Lipinski definition) is 8. The molecule has 57 heavy (non-hydrogen) atoms. The number of carbonyl (C=O) groups excluding carboxylic acids is 1. The first-order valence-electron chi connectivity index (χ1n) is 24.2. The number of allylic oxidation sites excluding steroid dienone is 2. The highest BCUT2D eigenvalue weighted by Gasteiger charge is 2.26. The lowest BCUT2D eigenvalue weighted by Crippen LogP contribution is -2.29.